The molecule has 5 heteroatoms. The molecule has 0 amide bonds. The lowest BCUT2D eigenvalue weighted by Gasteiger charge is -2.27. The van der Waals surface area contributed by atoms with Gasteiger partial charge in [0.25, 0.3) is 0 Å². The zero-order chi connectivity index (χ0) is 10.7. The van der Waals surface area contributed by atoms with Crippen molar-refractivity contribution in [3.63, 3.8) is 0 Å². The summed E-state index contributed by atoms with van der Waals surface area (Å²) in [6.07, 6.45) is 1.33. The van der Waals surface area contributed by atoms with Crippen LogP contribution in [0.2, 0.25) is 5.02 Å². The molecule has 1 fully saturated rings. The van der Waals surface area contributed by atoms with Crippen LogP contribution in [0.25, 0.3) is 0 Å². The molecule has 1 aromatic rings. The predicted molar refractivity (Wildman–Crippen MR) is 57.4 cm³/mol. The maximum absolute atomic E-state index is 13.3. The zero-order valence-electron chi connectivity index (χ0n) is 8.34. The molecule has 0 aliphatic carbocycles. The van der Waals surface area contributed by atoms with Gasteiger partial charge in [0.05, 0.1) is 5.02 Å². The van der Waals surface area contributed by atoms with Crippen LogP contribution in [0.3, 0.4) is 0 Å². The minimum atomic E-state index is -0.419. The second kappa shape index (κ2) is 4.88. The summed E-state index contributed by atoms with van der Waals surface area (Å²) in [5.41, 5.74) is 0.574. The monoisotopic (exact) mass is 229 g/mol. The molecule has 0 aromatic carbocycles. The van der Waals surface area contributed by atoms with E-state index in [1.165, 1.54) is 6.20 Å². The molecule has 1 saturated heterocycles. The van der Waals surface area contributed by atoms with Crippen molar-refractivity contribution in [2.75, 3.05) is 26.2 Å². The van der Waals surface area contributed by atoms with E-state index >= 15 is 0 Å². The molecule has 0 bridgehead atoms. The second-order valence-electron chi connectivity index (χ2n) is 3.63. The van der Waals surface area contributed by atoms with Crippen LogP contribution in [-0.4, -0.2) is 36.1 Å². The fourth-order valence-electron chi connectivity index (χ4n) is 1.69. The van der Waals surface area contributed by atoms with Crippen LogP contribution in [0.4, 0.5) is 4.39 Å². The van der Waals surface area contributed by atoms with Crippen molar-refractivity contribution in [2.45, 2.75) is 6.54 Å². The van der Waals surface area contributed by atoms with Gasteiger partial charge in [0.2, 0.25) is 5.95 Å². The maximum atomic E-state index is 13.3. The number of hydrogen-bond acceptors (Lipinski definition) is 3. The van der Waals surface area contributed by atoms with Crippen LogP contribution < -0.4 is 5.32 Å². The first-order valence-corrected chi connectivity index (χ1v) is 5.36. The van der Waals surface area contributed by atoms with Crippen LogP contribution in [0.1, 0.15) is 5.56 Å². The SMILES string of the molecule is Fc1ncc(Cl)cc1CN1CCNCC1. The first-order chi connectivity index (χ1) is 7.25. The highest BCUT2D eigenvalue weighted by Crippen LogP contribution is 2.14. The Morgan fingerprint density at radius 2 is 2.20 bits per heavy atom. The quantitative estimate of drug-likeness (QED) is 0.775. The summed E-state index contributed by atoms with van der Waals surface area (Å²) < 4.78 is 13.3. The number of pyridine rings is 1. The van der Waals surface area contributed by atoms with Gasteiger partial charge < -0.3 is 5.32 Å². The van der Waals surface area contributed by atoms with Crippen molar-refractivity contribution in [2.24, 2.45) is 0 Å². The third-order valence-corrected chi connectivity index (χ3v) is 2.69. The average Bonchev–Trinajstić information content (AvgIpc) is 2.25. The number of aromatic nitrogens is 1. The van der Waals surface area contributed by atoms with Crippen LogP contribution in [-0.2, 0) is 6.54 Å². The first-order valence-electron chi connectivity index (χ1n) is 4.99. The van der Waals surface area contributed by atoms with Gasteiger partial charge in [-0.25, -0.2) is 4.98 Å². The van der Waals surface area contributed by atoms with Gasteiger partial charge in [-0.1, -0.05) is 11.6 Å². The van der Waals surface area contributed by atoms with Gasteiger partial charge in [0.15, 0.2) is 0 Å². The molecule has 0 radical (unpaired) electrons. The molecule has 82 valence electrons. The lowest BCUT2D eigenvalue weighted by Crippen LogP contribution is -2.43. The molecular weight excluding hydrogens is 217 g/mol. The topological polar surface area (TPSA) is 28.2 Å². The summed E-state index contributed by atoms with van der Waals surface area (Å²) in [5, 5.41) is 3.74. The molecule has 0 unspecified atom stereocenters. The average molecular weight is 230 g/mol. The fraction of sp³-hybridized carbons (Fsp3) is 0.500. The number of hydrogen-bond donors (Lipinski definition) is 1. The van der Waals surface area contributed by atoms with Crippen molar-refractivity contribution in [3.05, 3.63) is 28.8 Å². The van der Waals surface area contributed by atoms with Crippen molar-refractivity contribution in [1.29, 1.82) is 0 Å². The first kappa shape index (κ1) is 10.8. The number of nitrogens with zero attached hydrogens (tertiary/aromatic N) is 2. The second-order valence-corrected chi connectivity index (χ2v) is 4.07. The van der Waals surface area contributed by atoms with Gasteiger partial charge in [0, 0.05) is 44.5 Å². The smallest absolute Gasteiger partial charge is 0.217 e. The standard InChI is InChI=1S/C10H13ClFN3/c11-9-5-8(10(12)14-6-9)7-15-3-1-13-2-4-15/h5-6,13H,1-4,7H2. The van der Waals surface area contributed by atoms with Crippen LogP contribution >= 0.6 is 11.6 Å². The third kappa shape index (κ3) is 2.87. The van der Waals surface area contributed by atoms with Crippen molar-refractivity contribution in [1.82, 2.24) is 15.2 Å². The van der Waals surface area contributed by atoms with Crippen LogP contribution in [0, 0.1) is 5.95 Å². The molecule has 0 saturated carbocycles. The van der Waals surface area contributed by atoms with E-state index in [0.29, 0.717) is 17.1 Å². The number of rotatable bonds is 2. The summed E-state index contributed by atoms with van der Waals surface area (Å²) >= 11 is 5.77. The summed E-state index contributed by atoms with van der Waals surface area (Å²) in [6.45, 7) is 4.37. The molecule has 2 heterocycles. The van der Waals surface area contributed by atoms with E-state index in [9.17, 15) is 4.39 Å². The number of nitrogens with one attached hydrogen (secondary N) is 1. The Morgan fingerprint density at radius 3 is 2.93 bits per heavy atom. The number of piperazine rings is 1. The summed E-state index contributed by atoms with van der Waals surface area (Å²) in [4.78, 5) is 5.79. The highest BCUT2D eigenvalue weighted by atomic mass is 35.5. The van der Waals surface area contributed by atoms with E-state index in [4.69, 9.17) is 11.6 Å². The van der Waals surface area contributed by atoms with Crippen LogP contribution in [0.15, 0.2) is 12.3 Å². The fourth-order valence-corrected chi connectivity index (χ4v) is 1.87. The van der Waals surface area contributed by atoms with Gasteiger partial charge >= 0.3 is 0 Å². The Morgan fingerprint density at radius 1 is 1.47 bits per heavy atom. The highest BCUT2D eigenvalue weighted by molar-refractivity contribution is 6.30. The molecule has 1 aliphatic rings. The summed E-state index contributed by atoms with van der Waals surface area (Å²) in [5.74, 6) is -0.419. The Hall–Kier alpha value is -0.710. The van der Waals surface area contributed by atoms with Gasteiger partial charge in [-0.3, -0.25) is 4.90 Å². The van der Waals surface area contributed by atoms with Gasteiger partial charge in [0.1, 0.15) is 0 Å². The highest BCUT2D eigenvalue weighted by Gasteiger charge is 2.13. The lowest BCUT2D eigenvalue weighted by molar-refractivity contribution is 0.229. The maximum Gasteiger partial charge on any atom is 0.217 e. The Labute approximate surface area is 93.2 Å². The van der Waals surface area contributed by atoms with E-state index < -0.39 is 5.95 Å². The molecular formula is C10H13ClFN3. The van der Waals surface area contributed by atoms with Gasteiger partial charge in [-0.05, 0) is 6.07 Å². The molecule has 1 aliphatic heterocycles. The molecule has 15 heavy (non-hydrogen) atoms. The van der Waals surface area contributed by atoms with E-state index in [0.717, 1.165) is 26.2 Å². The Kier molecular flexibility index (Phi) is 3.51. The lowest BCUT2D eigenvalue weighted by atomic mass is 10.2. The van der Waals surface area contributed by atoms with Gasteiger partial charge in [-0.2, -0.15) is 4.39 Å². The molecule has 1 aromatic heterocycles. The minimum absolute atomic E-state index is 0.419. The van der Waals surface area contributed by atoms with Gasteiger partial charge in [-0.15, -0.1) is 0 Å². The molecule has 1 N–H and O–H groups in total. The normalized spacial score (nSPS) is 18.0. The Balaban J connectivity index is 2.05. The third-order valence-electron chi connectivity index (χ3n) is 2.48. The molecule has 3 nitrogen and oxygen atoms in total. The van der Waals surface area contributed by atoms with E-state index in [-0.39, 0.29) is 0 Å². The predicted octanol–water partition coefficient (Wildman–Crippen LogP) is 1.28. The van der Waals surface area contributed by atoms with Crippen molar-refractivity contribution >= 4 is 11.6 Å². The number of halogens is 2. The van der Waals surface area contributed by atoms with E-state index in [1.54, 1.807) is 6.07 Å². The molecule has 2 rings (SSSR count). The minimum Gasteiger partial charge on any atom is -0.314 e. The summed E-state index contributed by atoms with van der Waals surface area (Å²) in [6, 6.07) is 1.64. The van der Waals surface area contributed by atoms with Crippen LogP contribution in [0.5, 0.6) is 0 Å². The largest absolute Gasteiger partial charge is 0.314 e. The van der Waals surface area contributed by atoms with Crippen molar-refractivity contribution < 1.29 is 4.39 Å². The summed E-state index contributed by atoms with van der Waals surface area (Å²) in [7, 11) is 0. The Bertz CT molecular complexity index is 339. The molecule has 0 atom stereocenters. The zero-order valence-corrected chi connectivity index (χ0v) is 9.10. The molecule has 0 spiro atoms. The van der Waals surface area contributed by atoms with E-state index in [2.05, 4.69) is 15.2 Å². The van der Waals surface area contributed by atoms with E-state index in [1.807, 2.05) is 0 Å². The van der Waals surface area contributed by atoms with Crippen molar-refractivity contribution in [3.8, 4) is 0 Å².